The maximum absolute atomic E-state index is 6.21. The number of hydrogen-bond acceptors (Lipinski definition) is 3. The molecule has 0 spiro atoms. The molecule has 3 aromatic rings. The fourth-order valence-electron chi connectivity index (χ4n) is 2.92. The number of benzene rings is 3. The van der Waals surface area contributed by atoms with E-state index in [-0.39, 0.29) is 18.4 Å². The Morgan fingerprint density at radius 1 is 0.742 bits per heavy atom. The summed E-state index contributed by atoms with van der Waals surface area (Å²) in [7, 11) is 0. The lowest BCUT2D eigenvalue weighted by Gasteiger charge is -2.07. The molecular formula is C24H25Cl2N5. The van der Waals surface area contributed by atoms with Gasteiger partial charge >= 0.3 is 0 Å². The van der Waals surface area contributed by atoms with Crippen LogP contribution >= 0.6 is 24.0 Å². The highest BCUT2D eigenvalue weighted by Crippen LogP contribution is 2.21. The third kappa shape index (κ3) is 6.67. The van der Waals surface area contributed by atoms with Gasteiger partial charge in [0.05, 0.1) is 12.3 Å². The number of nitrogens with two attached hydrogens (primary N) is 2. The standard InChI is InChI=1S/C24H24ClN5.ClH/c1-16(28-15-22-5-3-4-6-23(22)25)18-7-11-20(12-8-18)21-13-9-19(10-14-21)17(2)29-30-24(26)27;/h3-14H,15H2,1-2H3,(H4,26,27,30);1H/b28-16?,29-17+;. The van der Waals surface area contributed by atoms with Crippen molar-refractivity contribution in [3.8, 4) is 11.1 Å². The van der Waals surface area contributed by atoms with Crippen molar-refractivity contribution in [3.05, 3.63) is 94.5 Å². The molecule has 0 bridgehead atoms. The lowest BCUT2D eigenvalue weighted by atomic mass is 10.0. The molecule has 0 aromatic heterocycles. The van der Waals surface area contributed by atoms with Crippen molar-refractivity contribution >= 4 is 41.4 Å². The summed E-state index contributed by atoms with van der Waals surface area (Å²) in [4.78, 5) is 4.68. The van der Waals surface area contributed by atoms with Crippen LogP contribution in [0.25, 0.3) is 11.1 Å². The SMILES string of the molecule is CC(=NCc1ccccc1Cl)c1ccc(-c2ccc(/C(C)=N/N=C(N)N)cc2)cc1.Cl. The lowest BCUT2D eigenvalue weighted by Crippen LogP contribution is -2.22. The van der Waals surface area contributed by atoms with Crippen LogP contribution in [-0.4, -0.2) is 17.4 Å². The molecule has 5 nitrogen and oxygen atoms in total. The van der Waals surface area contributed by atoms with Gasteiger partial charge in [-0.3, -0.25) is 4.99 Å². The first-order valence-corrected chi connectivity index (χ1v) is 9.90. The van der Waals surface area contributed by atoms with E-state index in [4.69, 9.17) is 23.1 Å². The summed E-state index contributed by atoms with van der Waals surface area (Å²) in [6.07, 6.45) is 0. The van der Waals surface area contributed by atoms with E-state index in [1.807, 2.05) is 50.2 Å². The van der Waals surface area contributed by atoms with E-state index >= 15 is 0 Å². The Balaban J connectivity index is 0.00000341. The molecule has 0 saturated heterocycles. The monoisotopic (exact) mass is 453 g/mol. The number of rotatable bonds is 6. The zero-order valence-electron chi connectivity index (χ0n) is 17.4. The van der Waals surface area contributed by atoms with Crippen LogP contribution in [-0.2, 0) is 6.54 Å². The molecule has 0 aliphatic rings. The molecule has 0 fully saturated rings. The molecule has 0 aliphatic heterocycles. The molecule has 3 rings (SSSR count). The van der Waals surface area contributed by atoms with E-state index in [9.17, 15) is 0 Å². The maximum atomic E-state index is 6.21. The Labute approximate surface area is 194 Å². The lowest BCUT2D eigenvalue weighted by molar-refractivity contribution is 1.06. The molecule has 4 N–H and O–H groups in total. The zero-order valence-corrected chi connectivity index (χ0v) is 19.0. The predicted octanol–water partition coefficient (Wildman–Crippen LogP) is 5.44. The number of guanidine groups is 1. The Morgan fingerprint density at radius 2 is 1.26 bits per heavy atom. The molecule has 3 aromatic carbocycles. The second-order valence-corrected chi connectivity index (χ2v) is 7.27. The van der Waals surface area contributed by atoms with Gasteiger partial charge in [0.25, 0.3) is 0 Å². The van der Waals surface area contributed by atoms with Gasteiger partial charge in [-0.2, -0.15) is 5.10 Å². The van der Waals surface area contributed by atoms with Crippen LogP contribution in [0.2, 0.25) is 5.02 Å². The van der Waals surface area contributed by atoms with Gasteiger partial charge in [-0.05, 0) is 47.7 Å². The van der Waals surface area contributed by atoms with Crippen LogP contribution in [0.15, 0.2) is 88.0 Å². The molecule has 0 amide bonds. The third-order valence-corrected chi connectivity index (χ3v) is 5.07. The molecule has 0 aliphatic carbocycles. The molecule has 0 radical (unpaired) electrons. The predicted molar refractivity (Wildman–Crippen MR) is 135 cm³/mol. The van der Waals surface area contributed by atoms with Crippen LogP contribution in [0.1, 0.15) is 30.5 Å². The average Bonchev–Trinajstić information content (AvgIpc) is 2.77. The highest BCUT2D eigenvalue weighted by Gasteiger charge is 2.03. The Bertz CT molecular complexity index is 1100. The molecule has 160 valence electrons. The van der Waals surface area contributed by atoms with Gasteiger partial charge in [-0.1, -0.05) is 78.3 Å². The van der Waals surface area contributed by atoms with Crippen molar-refractivity contribution in [1.82, 2.24) is 0 Å². The van der Waals surface area contributed by atoms with Gasteiger partial charge in [-0.25, -0.2) is 0 Å². The largest absolute Gasteiger partial charge is 0.369 e. The van der Waals surface area contributed by atoms with Crippen LogP contribution in [0.5, 0.6) is 0 Å². The fourth-order valence-corrected chi connectivity index (χ4v) is 3.12. The topological polar surface area (TPSA) is 89.1 Å². The summed E-state index contributed by atoms with van der Waals surface area (Å²) in [6.45, 7) is 4.44. The molecule has 0 unspecified atom stereocenters. The van der Waals surface area contributed by atoms with Crippen LogP contribution < -0.4 is 11.5 Å². The molecule has 7 heteroatoms. The van der Waals surface area contributed by atoms with Crippen molar-refractivity contribution in [3.63, 3.8) is 0 Å². The van der Waals surface area contributed by atoms with Gasteiger partial charge in [0.1, 0.15) is 0 Å². The van der Waals surface area contributed by atoms with E-state index in [1.165, 1.54) is 0 Å². The minimum absolute atomic E-state index is 0. The third-order valence-electron chi connectivity index (χ3n) is 4.70. The smallest absolute Gasteiger partial charge is 0.211 e. The van der Waals surface area contributed by atoms with Crippen molar-refractivity contribution in [1.29, 1.82) is 0 Å². The van der Waals surface area contributed by atoms with E-state index in [0.29, 0.717) is 6.54 Å². The summed E-state index contributed by atoms with van der Waals surface area (Å²) >= 11 is 6.21. The van der Waals surface area contributed by atoms with E-state index in [1.54, 1.807) is 0 Å². The summed E-state index contributed by atoms with van der Waals surface area (Å²) < 4.78 is 0. The molecule has 0 saturated carbocycles. The summed E-state index contributed by atoms with van der Waals surface area (Å²) in [5, 5.41) is 8.44. The first kappa shape index (κ1) is 24.1. The molecule has 31 heavy (non-hydrogen) atoms. The van der Waals surface area contributed by atoms with Crippen LogP contribution in [0, 0.1) is 0 Å². The van der Waals surface area contributed by atoms with Gasteiger partial charge < -0.3 is 11.5 Å². The van der Waals surface area contributed by atoms with E-state index in [0.717, 1.165) is 44.3 Å². The van der Waals surface area contributed by atoms with Gasteiger partial charge in [0.2, 0.25) is 5.96 Å². The Hall–Kier alpha value is -3.15. The summed E-state index contributed by atoms with van der Waals surface area (Å²) in [6, 6.07) is 24.2. The minimum atomic E-state index is -0.0586. The average molecular weight is 454 g/mol. The van der Waals surface area contributed by atoms with Crippen molar-refractivity contribution in [2.24, 2.45) is 26.7 Å². The first-order valence-electron chi connectivity index (χ1n) is 9.53. The number of halogens is 2. The number of aliphatic imine (C=N–C) groups is 1. The highest BCUT2D eigenvalue weighted by atomic mass is 35.5. The second kappa shape index (κ2) is 11.3. The van der Waals surface area contributed by atoms with Crippen LogP contribution in [0.3, 0.4) is 0 Å². The van der Waals surface area contributed by atoms with Crippen molar-refractivity contribution < 1.29 is 0 Å². The highest BCUT2D eigenvalue weighted by molar-refractivity contribution is 6.31. The molecule has 0 heterocycles. The molecule has 0 atom stereocenters. The van der Waals surface area contributed by atoms with E-state index in [2.05, 4.69) is 51.6 Å². The van der Waals surface area contributed by atoms with Gasteiger partial charge in [0.15, 0.2) is 0 Å². The van der Waals surface area contributed by atoms with Gasteiger partial charge in [-0.15, -0.1) is 17.5 Å². The van der Waals surface area contributed by atoms with Crippen LogP contribution in [0.4, 0.5) is 0 Å². The van der Waals surface area contributed by atoms with Crippen molar-refractivity contribution in [2.45, 2.75) is 20.4 Å². The van der Waals surface area contributed by atoms with Crippen molar-refractivity contribution in [2.75, 3.05) is 0 Å². The number of hydrogen-bond donors (Lipinski definition) is 2. The number of nitrogens with zero attached hydrogens (tertiary/aromatic N) is 3. The normalized spacial score (nSPS) is 11.6. The van der Waals surface area contributed by atoms with Gasteiger partial charge in [0, 0.05) is 10.7 Å². The Morgan fingerprint density at radius 3 is 1.77 bits per heavy atom. The first-order chi connectivity index (χ1) is 14.4. The molecular weight excluding hydrogens is 429 g/mol. The Kier molecular flexibility index (Phi) is 8.79. The quantitative estimate of drug-likeness (QED) is 0.295. The zero-order chi connectivity index (χ0) is 21.5. The van der Waals surface area contributed by atoms with E-state index < -0.39 is 0 Å². The second-order valence-electron chi connectivity index (χ2n) is 6.86. The summed E-state index contributed by atoms with van der Waals surface area (Å²) in [5.74, 6) is -0.0586. The fraction of sp³-hybridized carbons (Fsp3) is 0.125. The minimum Gasteiger partial charge on any atom is -0.369 e. The maximum Gasteiger partial charge on any atom is 0.211 e. The summed E-state index contributed by atoms with van der Waals surface area (Å²) in [5.41, 5.74) is 17.7.